The van der Waals surface area contributed by atoms with E-state index in [9.17, 15) is 4.79 Å². The van der Waals surface area contributed by atoms with Crippen LogP contribution in [0.3, 0.4) is 0 Å². The number of hydrogen-bond acceptors (Lipinski definition) is 4. The fraction of sp³-hybridized carbons (Fsp3) is 0.750. The molecule has 0 aliphatic carbocycles. The molecule has 2 rings (SSSR count). The second kappa shape index (κ2) is 5.94. The van der Waals surface area contributed by atoms with Gasteiger partial charge in [-0.15, -0.1) is 11.3 Å². The van der Waals surface area contributed by atoms with Crippen LogP contribution in [0.2, 0.25) is 0 Å². The van der Waals surface area contributed by atoms with Crippen molar-refractivity contribution in [1.82, 2.24) is 9.88 Å². The minimum atomic E-state index is -0.0662. The first-order valence-electron chi connectivity index (χ1n) is 7.54. The molecule has 2 heterocycles. The Balaban J connectivity index is 2.22. The summed E-state index contributed by atoms with van der Waals surface area (Å²) < 4.78 is 0. The van der Waals surface area contributed by atoms with Crippen molar-refractivity contribution in [3.05, 3.63) is 15.6 Å². The molecule has 0 amide bonds. The number of ketones is 1. The number of thiazole rings is 1. The van der Waals surface area contributed by atoms with E-state index >= 15 is 0 Å². The van der Waals surface area contributed by atoms with Crippen molar-refractivity contribution >= 4 is 17.1 Å². The number of likely N-dealkylation sites (tertiary alicyclic amines) is 1. The van der Waals surface area contributed by atoms with Gasteiger partial charge in [0.2, 0.25) is 0 Å². The minimum Gasteiger partial charge on any atom is -0.294 e. The summed E-state index contributed by atoms with van der Waals surface area (Å²) in [5, 5.41) is 1.09. The van der Waals surface area contributed by atoms with Crippen LogP contribution in [0.5, 0.6) is 0 Å². The van der Waals surface area contributed by atoms with Gasteiger partial charge in [0.05, 0.1) is 17.1 Å². The summed E-state index contributed by atoms with van der Waals surface area (Å²) in [6.07, 6.45) is 3.89. The summed E-state index contributed by atoms with van der Waals surface area (Å²) in [6, 6.07) is 0.631. The van der Waals surface area contributed by atoms with E-state index in [4.69, 9.17) is 4.98 Å². The molecule has 0 N–H and O–H groups in total. The predicted octanol–water partition coefficient (Wildman–Crippen LogP) is 4.02. The SMILES string of the molecule is CC(=O)c1sc(CN2CCCCC2C)nc1C(C)(C)C. The zero-order valence-electron chi connectivity index (χ0n) is 13.3. The van der Waals surface area contributed by atoms with Crippen molar-refractivity contribution in [2.24, 2.45) is 0 Å². The number of piperidine rings is 1. The lowest BCUT2D eigenvalue weighted by Crippen LogP contribution is -2.36. The van der Waals surface area contributed by atoms with Gasteiger partial charge in [-0.1, -0.05) is 27.2 Å². The molecule has 1 aliphatic heterocycles. The number of nitrogens with zero attached hydrogens (tertiary/aromatic N) is 2. The van der Waals surface area contributed by atoms with Crippen molar-refractivity contribution in [2.45, 2.75) is 71.9 Å². The number of hydrogen-bond donors (Lipinski definition) is 0. The molecule has 0 radical (unpaired) electrons. The molecule has 1 aromatic heterocycles. The molecular formula is C16H26N2OS. The Morgan fingerprint density at radius 2 is 2.10 bits per heavy atom. The second-order valence-electron chi connectivity index (χ2n) is 6.91. The average molecular weight is 294 g/mol. The van der Waals surface area contributed by atoms with Gasteiger partial charge in [-0.05, 0) is 26.3 Å². The molecule has 1 aliphatic rings. The zero-order valence-corrected chi connectivity index (χ0v) is 14.1. The van der Waals surface area contributed by atoms with Crippen LogP contribution in [0.1, 0.15) is 74.3 Å². The standard InChI is InChI=1S/C16H26N2OS/c1-11-8-6-7-9-18(11)10-13-17-15(16(3,4)5)14(20-13)12(2)19/h11H,6-10H2,1-5H3. The monoisotopic (exact) mass is 294 g/mol. The van der Waals surface area contributed by atoms with E-state index < -0.39 is 0 Å². The molecule has 4 heteroatoms. The van der Waals surface area contributed by atoms with Crippen molar-refractivity contribution in [1.29, 1.82) is 0 Å². The highest BCUT2D eigenvalue weighted by atomic mass is 32.1. The Kier molecular flexibility index (Phi) is 4.65. The number of carbonyl (C=O) groups excluding carboxylic acids is 1. The average Bonchev–Trinajstić information content (AvgIpc) is 2.76. The fourth-order valence-electron chi connectivity index (χ4n) is 2.75. The van der Waals surface area contributed by atoms with E-state index in [1.165, 1.54) is 19.3 Å². The van der Waals surface area contributed by atoms with Gasteiger partial charge in [0.15, 0.2) is 5.78 Å². The lowest BCUT2D eigenvalue weighted by Gasteiger charge is -2.32. The smallest absolute Gasteiger partial charge is 0.171 e. The highest BCUT2D eigenvalue weighted by Crippen LogP contribution is 2.31. The molecular weight excluding hydrogens is 268 g/mol. The van der Waals surface area contributed by atoms with Crippen LogP contribution in [0, 0.1) is 0 Å². The number of carbonyl (C=O) groups is 1. The van der Waals surface area contributed by atoms with Gasteiger partial charge in [0.25, 0.3) is 0 Å². The molecule has 1 fully saturated rings. The van der Waals surface area contributed by atoms with E-state index in [1.54, 1.807) is 18.3 Å². The molecule has 1 unspecified atom stereocenters. The van der Waals surface area contributed by atoms with Crippen LogP contribution in [0.15, 0.2) is 0 Å². The van der Waals surface area contributed by atoms with Crippen molar-refractivity contribution in [3.63, 3.8) is 0 Å². The highest BCUT2D eigenvalue weighted by molar-refractivity contribution is 7.13. The molecule has 1 aromatic rings. The summed E-state index contributed by atoms with van der Waals surface area (Å²) in [5.41, 5.74) is 0.901. The normalized spacial score (nSPS) is 21.1. The molecule has 0 aromatic carbocycles. The van der Waals surface area contributed by atoms with Crippen molar-refractivity contribution < 1.29 is 4.79 Å². The Bertz CT molecular complexity index is 487. The van der Waals surface area contributed by atoms with Crippen molar-refractivity contribution in [3.8, 4) is 0 Å². The summed E-state index contributed by atoms with van der Waals surface area (Å²) in [5.74, 6) is 0.144. The van der Waals surface area contributed by atoms with Gasteiger partial charge in [-0.2, -0.15) is 0 Å². The Hall–Kier alpha value is -0.740. The van der Waals surface area contributed by atoms with Crippen LogP contribution in [0.4, 0.5) is 0 Å². The van der Waals surface area contributed by atoms with Gasteiger partial charge in [-0.25, -0.2) is 4.98 Å². The lowest BCUT2D eigenvalue weighted by atomic mass is 9.91. The predicted molar refractivity (Wildman–Crippen MR) is 84.5 cm³/mol. The van der Waals surface area contributed by atoms with Gasteiger partial charge in [-0.3, -0.25) is 9.69 Å². The maximum absolute atomic E-state index is 11.8. The number of rotatable bonds is 3. The maximum atomic E-state index is 11.8. The molecule has 0 saturated carbocycles. The topological polar surface area (TPSA) is 33.2 Å². The quantitative estimate of drug-likeness (QED) is 0.790. The largest absolute Gasteiger partial charge is 0.294 e. The van der Waals surface area contributed by atoms with Crippen LogP contribution < -0.4 is 0 Å². The first-order chi connectivity index (χ1) is 9.29. The molecule has 0 bridgehead atoms. The Labute approximate surface area is 126 Å². The zero-order chi connectivity index (χ0) is 14.9. The van der Waals surface area contributed by atoms with E-state index in [1.807, 2.05) is 0 Å². The van der Waals surface area contributed by atoms with Crippen LogP contribution in [-0.4, -0.2) is 28.3 Å². The fourth-order valence-corrected chi connectivity index (χ4v) is 3.94. The van der Waals surface area contributed by atoms with Gasteiger partial charge in [0.1, 0.15) is 5.01 Å². The Morgan fingerprint density at radius 1 is 1.40 bits per heavy atom. The minimum absolute atomic E-state index is 0.0662. The summed E-state index contributed by atoms with van der Waals surface area (Å²) in [7, 11) is 0. The molecule has 0 spiro atoms. The highest BCUT2D eigenvalue weighted by Gasteiger charge is 2.27. The van der Waals surface area contributed by atoms with Crippen LogP contribution in [0.25, 0.3) is 0 Å². The lowest BCUT2D eigenvalue weighted by molar-refractivity contribution is 0.101. The van der Waals surface area contributed by atoms with Crippen LogP contribution >= 0.6 is 11.3 Å². The third-order valence-electron chi connectivity index (χ3n) is 3.98. The van der Waals surface area contributed by atoms with E-state index in [0.717, 1.165) is 28.7 Å². The van der Waals surface area contributed by atoms with Gasteiger partial charge >= 0.3 is 0 Å². The molecule has 20 heavy (non-hydrogen) atoms. The summed E-state index contributed by atoms with van der Waals surface area (Å²) in [4.78, 5) is 20.0. The third-order valence-corrected chi connectivity index (χ3v) is 5.12. The second-order valence-corrected chi connectivity index (χ2v) is 7.99. The van der Waals surface area contributed by atoms with Crippen LogP contribution in [-0.2, 0) is 12.0 Å². The first kappa shape index (κ1) is 15.6. The summed E-state index contributed by atoms with van der Waals surface area (Å²) in [6.45, 7) is 12.4. The molecule has 1 saturated heterocycles. The summed E-state index contributed by atoms with van der Waals surface area (Å²) >= 11 is 1.59. The van der Waals surface area contributed by atoms with Gasteiger partial charge < -0.3 is 0 Å². The van der Waals surface area contributed by atoms with E-state index in [2.05, 4.69) is 32.6 Å². The van der Waals surface area contributed by atoms with E-state index in [0.29, 0.717) is 6.04 Å². The van der Waals surface area contributed by atoms with Gasteiger partial charge in [0, 0.05) is 18.4 Å². The molecule has 1 atom stereocenters. The number of Topliss-reactive ketones (excluding diaryl/α,β-unsaturated/α-hetero) is 1. The third kappa shape index (κ3) is 3.47. The van der Waals surface area contributed by atoms with Crippen molar-refractivity contribution in [2.75, 3.05) is 6.54 Å². The first-order valence-corrected chi connectivity index (χ1v) is 8.36. The molecule has 112 valence electrons. The molecule has 3 nitrogen and oxygen atoms in total. The maximum Gasteiger partial charge on any atom is 0.171 e. The van der Waals surface area contributed by atoms with E-state index in [-0.39, 0.29) is 11.2 Å². The Morgan fingerprint density at radius 3 is 2.60 bits per heavy atom. The number of aromatic nitrogens is 1.